The number of hydrogen-bond acceptors (Lipinski definition) is 4. The van der Waals surface area contributed by atoms with Gasteiger partial charge in [0.2, 0.25) is 0 Å². The molecule has 122 valence electrons. The molecule has 1 aliphatic heterocycles. The van der Waals surface area contributed by atoms with Crippen LogP contribution in [0.2, 0.25) is 0 Å². The summed E-state index contributed by atoms with van der Waals surface area (Å²) in [6, 6.07) is 4.70. The standard InChI is InChI=1S/C15H19F2NO4/c1-21-12-2-3-13(22-15(16)17)11(8-12)9-18-6-4-10(5-7-18)14(19)20/h2-3,8,10,15H,4-7,9H2,1H3,(H,19,20). The Morgan fingerprint density at radius 1 is 1.41 bits per heavy atom. The van der Waals surface area contributed by atoms with Crippen molar-refractivity contribution in [2.45, 2.75) is 26.0 Å². The highest BCUT2D eigenvalue weighted by Crippen LogP contribution is 2.28. The third-order valence-electron chi connectivity index (χ3n) is 3.81. The monoisotopic (exact) mass is 315 g/mol. The molecular weight excluding hydrogens is 296 g/mol. The highest BCUT2D eigenvalue weighted by Gasteiger charge is 2.25. The van der Waals surface area contributed by atoms with Gasteiger partial charge in [0.25, 0.3) is 0 Å². The van der Waals surface area contributed by atoms with E-state index in [-0.39, 0.29) is 11.7 Å². The van der Waals surface area contributed by atoms with E-state index in [0.29, 0.717) is 43.8 Å². The number of piperidine rings is 1. The number of carbonyl (C=O) groups is 1. The Morgan fingerprint density at radius 3 is 2.64 bits per heavy atom. The van der Waals surface area contributed by atoms with Crippen LogP contribution in [0.15, 0.2) is 18.2 Å². The zero-order valence-corrected chi connectivity index (χ0v) is 12.3. The first-order chi connectivity index (χ1) is 10.5. The van der Waals surface area contributed by atoms with E-state index in [4.69, 9.17) is 9.84 Å². The highest BCUT2D eigenvalue weighted by atomic mass is 19.3. The molecule has 1 aromatic rings. The number of nitrogens with zero attached hydrogens (tertiary/aromatic N) is 1. The van der Waals surface area contributed by atoms with Gasteiger partial charge in [-0.25, -0.2) is 0 Å². The number of aliphatic carboxylic acids is 1. The molecular formula is C15H19F2NO4. The second-order valence-electron chi connectivity index (χ2n) is 5.24. The van der Waals surface area contributed by atoms with Crippen LogP contribution in [0.4, 0.5) is 8.78 Å². The second-order valence-corrected chi connectivity index (χ2v) is 5.24. The van der Waals surface area contributed by atoms with E-state index in [1.807, 2.05) is 4.90 Å². The molecule has 5 nitrogen and oxygen atoms in total. The van der Waals surface area contributed by atoms with Crippen molar-refractivity contribution in [3.8, 4) is 11.5 Å². The summed E-state index contributed by atoms with van der Waals surface area (Å²) in [6.07, 6.45) is 1.12. The van der Waals surface area contributed by atoms with Crippen molar-refractivity contribution in [1.29, 1.82) is 0 Å². The maximum atomic E-state index is 12.5. The molecule has 22 heavy (non-hydrogen) atoms. The smallest absolute Gasteiger partial charge is 0.387 e. The predicted octanol–water partition coefficient (Wildman–Crippen LogP) is 2.59. The van der Waals surface area contributed by atoms with E-state index >= 15 is 0 Å². The predicted molar refractivity (Wildman–Crippen MR) is 75.3 cm³/mol. The fraction of sp³-hybridized carbons (Fsp3) is 0.533. The van der Waals surface area contributed by atoms with Crippen LogP contribution in [0, 0.1) is 5.92 Å². The molecule has 1 aromatic carbocycles. The Hall–Kier alpha value is -1.89. The number of carboxylic acids is 1. The molecule has 1 heterocycles. The average molecular weight is 315 g/mol. The molecule has 1 aliphatic rings. The normalized spacial score (nSPS) is 16.7. The van der Waals surface area contributed by atoms with Crippen molar-refractivity contribution in [2.24, 2.45) is 5.92 Å². The van der Waals surface area contributed by atoms with E-state index in [2.05, 4.69) is 4.74 Å². The summed E-state index contributed by atoms with van der Waals surface area (Å²) in [6.45, 7) is -1.24. The number of rotatable bonds is 6. The molecule has 1 fully saturated rings. The summed E-state index contributed by atoms with van der Waals surface area (Å²) in [4.78, 5) is 13.0. The van der Waals surface area contributed by atoms with E-state index in [0.717, 1.165) is 0 Å². The van der Waals surface area contributed by atoms with Gasteiger partial charge in [0.15, 0.2) is 0 Å². The number of carboxylic acid groups (broad SMARTS) is 1. The molecule has 7 heteroatoms. The van der Waals surface area contributed by atoms with Gasteiger partial charge in [-0.3, -0.25) is 9.69 Å². The number of hydrogen-bond donors (Lipinski definition) is 1. The lowest BCUT2D eigenvalue weighted by Crippen LogP contribution is -2.35. The Morgan fingerprint density at radius 2 is 2.09 bits per heavy atom. The Balaban J connectivity index is 2.06. The van der Waals surface area contributed by atoms with E-state index in [1.54, 1.807) is 12.1 Å². The molecule has 0 aromatic heterocycles. The maximum absolute atomic E-state index is 12.5. The zero-order chi connectivity index (χ0) is 16.1. The highest BCUT2D eigenvalue weighted by molar-refractivity contribution is 5.70. The molecule has 1 N–H and O–H groups in total. The molecule has 0 radical (unpaired) electrons. The van der Waals surface area contributed by atoms with E-state index < -0.39 is 12.6 Å². The topological polar surface area (TPSA) is 59.0 Å². The zero-order valence-electron chi connectivity index (χ0n) is 12.3. The van der Waals surface area contributed by atoms with Crippen molar-refractivity contribution < 1.29 is 28.2 Å². The quantitative estimate of drug-likeness (QED) is 0.874. The minimum atomic E-state index is -2.88. The van der Waals surface area contributed by atoms with Gasteiger partial charge in [0, 0.05) is 12.1 Å². The van der Waals surface area contributed by atoms with Crippen molar-refractivity contribution >= 4 is 5.97 Å². The molecule has 0 unspecified atom stereocenters. The molecule has 1 saturated heterocycles. The SMILES string of the molecule is COc1ccc(OC(F)F)c(CN2CCC(C(=O)O)CC2)c1. The largest absolute Gasteiger partial charge is 0.497 e. The van der Waals surface area contributed by atoms with Crippen LogP contribution >= 0.6 is 0 Å². The van der Waals surface area contributed by atoms with Gasteiger partial charge >= 0.3 is 12.6 Å². The van der Waals surface area contributed by atoms with Crippen LogP contribution in [0.3, 0.4) is 0 Å². The van der Waals surface area contributed by atoms with Crippen LogP contribution in [0.5, 0.6) is 11.5 Å². The Labute approximate surface area is 127 Å². The summed E-state index contributed by atoms with van der Waals surface area (Å²) in [7, 11) is 1.51. The third kappa shape index (κ3) is 4.30. The van der Waals surface area contributed by atoms with Crippen LogP contribution in [0.25, 0.3) is 0 Å². The van der Waals surface area contributed by atoms with Gasteiger partial charge in [-0.05, 0) is 44.1 Å². The van der Waals surface area contributed by atoms with Crippen LogP contribution in [-0.2, 0) is 11.3 Å². The van der Waals surface area contributed by atoms with Crippen molar-refractivity contribution in [3.63, 3.8) is 0 Å². The van der Waals surface area contributed by atoms with Crippen LogP contribution < -0.4 is 9.47 Å². The Kier molecular flexibility index (Phi) is 5.54. The first-order valence-electron chi connectivity index (χ1n) is 7.06. The van der Waals surface area contributed by atoms with Gasteiger partial charge in [-0.2, -0.15) is 8.78 Å². The fourth-order valence-corrected chi connectivity index (χ4v) is 2.60. The van der Waals surface area contributed by atoms with Gasteiger partial charge in [-0.15, -0.1) is 0 Å². The van der Waals surface area contributed by atoms with Crippen LogP contribution in [0.1, 0.15) is 18.4 Å². The average Bonchev–Trinajstić information content (AvgIpc) is 2.49. The number of methoxy groups -OCH3 is 1. The summed E-state index contributed by atoms with van der Waals surface area (Å²) >= 11 is 0. The molecule has 0 aliphatic carbocycles. The first kappa shape index (κ1) is 16.5. The number of benzene rings is 1. The van der Waals surface area contributed by atoms with Gasteiger partial charge in [0.1, 0.15) is 11.5 Å². The van der Waals surface area contributed by atoms with Crippen molar-refractivity contribution in [2.75, 3.05) is 20.2 Å². The lowest BCUT2D eigenvalue weighted by atomic mass is 9.97. The van der Waals surface area contributed by atoms with Crippen molar-refractivity contribution in [1.82, 2.24) is 4.90 Å². The van der Waals surface area contributed by atoms with E-state index in [1.165, 1.54) is 13.2 Å². The van der Waals surface area contributed by atoms with E-state index in [9.17, 15) is 13.6 Å². The lowest BCUT2D eigenvalue weighted by Gasteiger charge is -2.30. The summed E-state index contributed by atoms with van der Waals surface area (Å²) in [5, 5.41) is 8.99. The molecule has 0 saturated carbocycles. The number of alkyl halides is 2. The second kappa shape index (κ2) is 7.40. The number of likely N-dealkylation sites (tertiary alicyclic amines) is 1. The van der Waals surface area contributed by atoms with Crippen molar-refractivity contribution in [3.05, 3.63) is 23.8 Å². The minimum Gasteiger partial charge on any atom is -0.497 e. The number of ether oxygens (including phenoxy) is 2. The number of halogens is 2. The first-order valence-corrected chi connectivity index (χ1v) is 7.06. The minimum absolute atomic E-state index is 0.121. The van der Waals surface area contributed by atoms with Gasteiger partial charge < -0.3 is 14.6 Å². The maximum Gasteiger partial charge on any atom is 0.387 e. The molecule has 0 amide bonds. The van der Waals surface area contributed by atoms with Gasteiger partial charge in [-0.1, -0.05) is 0 Å². The summed E-state index contributed by atoms with van der Waals surface area (Å²) in [5.41, 5.74) is 0.605. The third-order valence-corrected chi connectivity index (χ3v) is 3.81. The summed E-state index contributed by atoms with van der Waals surface area (Å²) in [5.74, 6) is -0.408. The van der Waals surface area contributed by atoms with Crippen LogP contribution in [-0.4, -0.2) is 42.8 Å². The summed E-state index contributed by atoms with van der Waals surface area (Å²) < 4.78 is 34.6. The van der Waals surface area contributed by atoms with Gasteiger partial charge in [0.05, 0.1) is 13.0 Å². The molecule has 2 rings (SSSR count). The molecule has 0 bridgehead atoms. The molecule has 0 spiro atoms. The fourth-order valence-electron chi connectivity index (χ4n) is 2.60. The molecule has 0 atom stereocenters. The Bertz CT molecular complexity index is 516. The lowest BCUT2D eigenvalue weighted by molar-refractivity contribution is -0.143.